The maximum atomic E-state index is 12.4. The van der Waals surface area contributed by atoms with Crippen LogP contribution in [0.15, 0.2) is 65.3 Å². The van der Waals surface area contributed by atoms with E-state index in [1.165, 1.54) is 0 Å². The minimum Gasteiger partial charge on any atom is -0.324 e. The van der Waals surface area contributed by atoms with Gasteiger partial charge in [-0.15, -0.1) is 0 Å². The summed E-state index contributed by atoms with van der Waals surface area (Å²) in [7, 11) is 0. The number of nitrogens with zero attached hydrogens (tertiary/aromatic N) is 2. The molecular formula is C18H15BrN4O. The fourth-order valence-electron chi connectivity index (χ4n) is 2.14. The van der Waals surface area contributed by atoms with E-state index in [0.29, 0.717) is 17.3 Å². The Morgan fingerprint density at radius 3 is 2.71 bits per heavy atom. The van der Waals surface area contributed by atoms with E-state index in [1.807, 2.05) is 55.5 Å². The van der Waals surface area contributed by atoms with Gasteiger partial charge < -0.3 is 10.6 Å². The van der Waals surface area contributed by atoms with Crippen LogP contribution in [-0.4, -0.2) is 15.9 Å². The number of carbonyl (C=O) groups is 1. The predicted octanol–water partition coefficient (Wildman–Crippen LogP) is 4.54. The Labute approximate surface area is 148 Å². The lowest BCUT2D eigenvalue weighted by Crippen LogP contribution is -2.14. The van der Waals surface area contributed by atoms with Gasteiger partial charge in [-0.05, 0) is 42.8 Å². The molecule has 0 fully saturated rings. The summed E-state index contributed by atoms with van der Waals surface area (Å²) < 4.78 is 0.893. The summed E-state index contributed by atoms with van der Waals surface area (Å²) in [4.78, 5) is 20.8. The number of aryl methyl sites for hydroxylation is 1. The average Bonchev–Trinajstić information content (AvgIpc) is 2.57. The van der Waals surface area contributed by atoms with Gasteiger partial charge in [-0.3, -0.25) is 4.79 Å². The zero-order valence-corrected chi connectivity index (χ0v) is 14.5. The van der Waals surface area contributed by atoms with E-state index in [9.17, 15) is 4.79 Å². The zero-order chi connectivity index (χ0) is 16.9. The van der Waals surface area contributed by atoms with Crippen LogP contribution >= 0.6 is 15.9 Å². The molecule has 0 saturated carbocycles. The number of amides is 1. The van der Waals surface area contributed by atoms with Gasteiger partial charge in [0.15, 0.2) is 0 Å². The molecule has 3 aromatic rings. The van der Waals surface area contributed by atoms with Crippen molar-refractivity contribution in [2.24, 2.45) is 0 Å². The molecule has 0 unspecified atom stereocenters. The van der Waals surface area contributed by atoms with Crippen molar-refractivity contribution in [3.63, 3.8) is 0 Å². The molecule has 2 aromatic carbocycles. The average molecular weight is 383 g/mol. The number of hydrogen-bond acceptors (Lipinski definition) is 4. The summed E-state index contributed by atoms with van der Waals surface area (Å²) in [6.07, 6.45) is 1.56. The molecule has 0 aliphatic heterocycles. The number of nitrogens with one attached hydrogen (secondary N) is 2. The number of anilines is 3. The number of rotatable bonds is 4. The highest BCUT2D eigenvalue weighted by Gasteiger charge is 2.10. The number of para-hydroxylation sites is 1. The Hall–Kier alpha value is -2.73. The van der Waals surface area contributed by atoms with Crippen LogP contribution < -0.4 is 10.6 Å². The maximum Gasteiger partial charge on any atom is 0.274 e. The molecule has 0 radical (unpaired) electrons. The molecule has 0 aliphatic carbocycles. The molecule has 0 saturated heterocycles. The Bertz CT molecular complexity index is 882. The highest BCUT2D eigenvalue weighted by molar-refractivity contribution is 9.10. The first kappa shape index (κ1) is 16.1. The Morgan fingerprint density at radius 2 is 1.92 bits per heavy atom. The number of carbonyl (C=O) groups excluding carboxylic acids is 1. The van der Waals surface area contributed by atoms with Crippen molar-refractivity contribution in [2.75, 3.05) is 10.6 Å². The Balaban J connectivity index is 1.77. The number of aromatic nitrogens is 2. The molecular weight excluding hydrogens is 368 g/mol. The zero-order valence-electron chi connectivity index (χ0n) is 13.0. The van der Waals surface area contributed by atoms with E-state index >= 15 is 0 Å². The van der Waals surface area contributed by atoms with Crippen LogP contribution in [0.2, 0.25) is 0 Å². The van der Waals surface area contributed by atoms with E-state index in [-0.39, 0.29) is 5.91 Å². The second-order valence-electron chi connectivity index (χ2n) is 5.17. The molecule has 0 bridgehead atoms. The number of halogens is 1. The van der Waals surface area contributed by atoms with Crippen molar-refractivity contribution < 1.29 is 4.79 Å². The first-order valence-corrected chi connectivity index (χ1v) is 8.14. The third kappa shape index (κ3) is 3.97. The van der Waals surface area contributed by atoms with Crippen LogP contribution in [0, 0.1) is 6.92 Å². The molecule has 120 valence electrons. The fourth-order valence-corrected chi connectivity index (χ4v) is 2.54. The van der Waals surface area contributed by atoms with Gasteiger partial charge in [-0.1, -0.05) is 40.2 Å². The Morgan fingerprint density at radius 1 is 1.08 bits per heavy atom. The molecule has 1 amide bonds. The molecule has 1 heterocycles. The number of benzene rings is 2. The summed E-state index contributed by atoms with van der Waals surface area (Å²) in [6, 6.07) is 16.8. The lowest BCUT2D eigenvalue weighted by atomic mass is 10.2. The standard InChI is InChI=1S/C18H15BrN4O/c1-12-5-2-3-8-15(12)22-18-20-10-9-16(23-18)17(24)21-14-7-4-6-13(19)11-14/h2-11H,1H3,(H,21,24)(H,20,22,23). The third-order valence-corrected chi connectivity index (χ3v) is 3.86. The third-order valence-electron chi connectivity index (χ3n) is 3.36. The first-order valence-electron chi connectivity index (χ1n) is 7.34. The molecule has 24 heavy (non-hydrogen) atoms. The summed E-state index contributed by atoms with van der Waals surface area (Å²) in [6.45, 7) is 1.99. The molecule has 0 spiro atoms. The van der Waals surface area contributed by atoms with Crippen molar-refractivity contribution >= 4 is 39.2 Å². The van der Waals surface area contributed by atoms with E-state index in [1.54, 1.807) is 12.3 Å². The van der Waals surface area contributed by atoms with Gasteiger partial charge in [0.05, 0.1) is 0 Å². The van der Waals surface area contributed by atoms with Crippen molar-refractivity contribution in [3.8, 4) is 0 Å². The van der Waals surface area contributed by atoms with Crippen LogP contribution in [0.25, 0.3) is 0 Å². The summed E-state index contributed by atoms with van der Waals surface area (Å²) >= 11 is 3.38. The van der Waals surface area contributed by atoms with Gasteiger partial charge in [0.2, 0.25) is 5.95 Å². The van der Waals surface area contributed by atoms with E-state index < -0.39 is 0 Å². The van der Waals surface area contributed by atoms with Crippen LogP contribution in [0.5, 0.6) is 0 Å². The van der Waals surface area contributed by atoms with Gasteiger partial charge in [0.1, 0.15) is 5.69 Å². The van der Waals surface area contributed by atoms with Gasteiger partial charge in [0, 0.05) is 22.0 Å². The van der Waals surface area contributed by atoms with Crippen LogP contribution in [0.4, 0.5) is 17.3 Å². The van der Waals surface area contributed by atoms with Gasteiger partial charge in [0.25, 0.3) is 5.91 Å². The lowest BCUT2D eigenvalue weighted by molar-refractivity contribution is 0.102. The maximum absolute atomic E-state index is 12.4. The molecule has 2 N–H and O–H groups in total. The van der Waals surface area contributed by atoms with Gasteiger partial charge in [-0.2, -0.15) is 0 Å². The van der Waals surface area contributed by atoms with Crippen molar-refractivity contribution in [2.45, 2.75) is 6.92 Å². The van der Waals surface area contributed by atoms with Crippen LogP contribution in [0.3, 0.4) is 0 Å². The SMILES string of the molecule is Cc1ccccc1Nc1nccc(C(=O)Nc2cccc(Br)c2)n1. The smallest absolute Gasteiger partial charge is 0.274 e. The summed E-state index contributed by atoms with van der Waals surface area (Å²) in [5, 5.41) is 5.95. The largest absolute Gasteiger partial charge is 0.324 e. The molecule has 0 aliphatic rings. The lowest BCUT2D eigenvalue weighted by Gasteiger charge is -2.09. The summed E-state index contributed by atoms with van der Waals surface area (Å²) in [5.41, 5.74) is 2.97. The molecule has 0 atom stereocenters. The quantitative estimate of drug-likeness (QED) is 0.694. The minimum atomic E-state index is -0.289. The monoisotopic (exact) mass is 382 g/mol. The number of hydrogen-bond donors (Lipinski definition) is 2. The van der Waals surface area contributed by atoms with Crippen molar-refractivity contribution in [1.29, 1.82) is 0 Å². The van der Waals surface area contributed by atoms with Crippen LogP contribution in [-0.2, 0) is 0 Å². The van der Waals surface area contributed by atoms with Gasteiger partial charge >= 0.3 is 0 Å². The van der Waals surface area contributed by atoms with E-state index in [4.69, 9.17) is 0 Å². The predicted molar refractivity (Wildman–Crippen MR) is 98.6 cm³/mol. The Kier molecular flexibility index (Phi) is 4.86. The highest BCUT2D eigenvalue weighted by atomic mass is 79.9. The first-order chi connectivity index (χ1) is 11.6. The van der Waals surface area contributed by atoms with Crippen LogP contribution in [0.1, 0.15) is 16.1 Å². The minimum absolute atomic E-state index is 0.289. The summed E-state index contributed by atoms with van der Waals surface area (Å²) in [5.74, 6) is 0.0922. The highest BCUT2D eigenvalue weighted by Crippen LogP contribution is 2.18. The molecule has 5 nitrogen and oxygen atoms in total. The van der Waals surface area contributed by atoms with Crippen molar-refractivity contribution in [3.05, 3.63) is 76.5 Å². The molecule has 1 aromatic heterocycles. The molecule has 6 heteroatoms. The topological polar surface area (TPSA) is 66.9 Å². The second-order valence-corrected chi connectivity index (χ2v) is 6.09. The van der Waals surface area contributed by atoms with Crippen molar-refractivity contribution in [1.82, 2.24) is 9.97 Å². The van der Waals surface area contributed by atoms with E-state index in [2.05, 4.69) is 36.5 Å². The fraction of sp³-hybridized carbons (Fsp3) is 0.0556. The molecule has 3 rings (SSSR count). The van der Waals surface area contributed by atoms with Gasteiger partial charge in [-0.25, -0.2) is 9.97 Å². The van der Waals surface area contributed by atoms with E-state index in [0.717, 1.165) is 15.7 Å². The second kappa shape index (κ2) is 7.23. The normalized spacial score (nSPS) is 10.2.